The Bertz CT molecular complexity index is 1260. The van der Waals surface area contributed by atoms with E-state index in [-0.39, 0.29) is 29.8 Å². The molecule has 0 radical (unpaired) electrons. The van der Waals surface area contributed by atoms with Gasteiger partial charge in [-0.3, -0.25) is 0 Å². The molecule has 0 aliphatic heterocycles. The molecule has 0 unspecified atom stereocenters. The second-order valence-corrected chi connectivity index (χ2v) is 18.4. The summed E-state index contributed by atoms with van der Waals surface area (Å²) in [4.78, 5) is 12.2. The van der Waals surface area contributed by atoms with Crippen molar-refractivity contribution in [2.45, 2.75) is 91.6 Å². The monoisotopic (exact) mass is 630 g/mol. The Labute approximate surface area is 273 Å². The number of allylic oxidation sites excluding steroid dienone is 1. The first-order valence-electron chi connectivity index (χ1n) is 16.2. The number of hydrogen-bond donors (Lipinski definition) is 0. The summed E-state index contributed by atoms with van der Waals surface area (Å²) in [5.74, 6) is 0.217. The van der Waals surface area contributed by atoms with Crippen LogP contribution in [0.1, 0.15) is 73.8 Å². The van der Waals surface area contributed by atoms with Crippen LogP contribution < -0.4 is 10.4 Å². The topological polar surface area (TPSA) is 54.0 Å². The van der Waals surface area contributed by atoms with E-state index in [0.717, 1.165) is 18.4 Å². The smallest absolute Gasteiger partial charge is 0.330 e. The van der Waals surface area contributed by atoms with E-state index in [0.29, 0.717) is 19.1 Å². The lowest BCUT2D eigenvalue weighted by molar-refractivity contribution is -0.148. The van der Waals surface area contributed by atoms with E-state index in [4.69, 9.17) is 18.6 Å². The molecule has 0 aliphatic carbocycles. The Kier molecular flexibility index (Phi) is 13.8. The Morgan fingerprint density at radius 1 is 0.800 bits per heavy atom. The second kappa shape index (κ2) is 17.0. The van der Waals surface area contributed by atoms with E-state index < -0.39 is 13.9 Å². The van der Waals surface area contributed by atoms with E-state index in [1.807, 2.05) is 45.0 Å². The molecule has 5 nitrogen and oxygen atoms in total. The molecule has 0 aromatic heterocycles. The minimum atomic E-state index is -2.73. The molecule has 3 aromatic rings. The quantitative estimate of drug-likeness (QED) is 0.0527. The molecule has 0 amide bonds. The average Bonchev–Trinajstić information content (AvgIpc) is 2.98. The maximum atomic E-state index is 12.2. The van der Waals surface area contributed by atoms with Crippen molar-refractivity contribution in [3.63, 3.8) is 0 Å². The number of hydrogen-bond acceptors (Lipinski definition) is 5. The van der Waals surface area contributed by atoms with E-state index >= 15 is 0 Å². The average molecular weight is 631 g/mol. The van der Waals surface area contributed by atoms with E-state index in [9.17, 15) is 4.79 Å². The van der Waals surface area contributed by atoms with Gasteiger partial charge in [0, 0.05) is 6.08 Å². The van der Waals surface area contributed by atoms with Gasteiger partial charge in [-0.1, -0.05) is 132 Å². The number of carbonyl (C=O) groups excluding carboxylic acids is 1. The molecular formula is C39H54O5Si. The summed E-state index contributed by atoms with van der Waals surface area (Å²) in [7, 11) is -2.73. The molecule has 3 rings (SSSR count). The lowest BCUT2D eigenvalue weighted by Crippen LogP contribution is -2.67. The lowest BCUT2D eigenvalue weighted by atomic mass is 9.91. The first kappa shape index (κ1) is 36.4. The molecule has 0 spiro atoms. The van der Waals surface area contributed by atoms with Gasteiger partial charge in [-0.25, -0.2) is 4.79 Å². The van der Waals surface area contributed by atoms with Gasteiger partial charge in [-0.2, -0.15) is 0 Å². The molecule has 0 aliphatic rings. The van der Waals surface area contributed by atoms with E-state index in [1.165, 1.54) is 10.4 Å². The summed E-state index contributed by atoms with van der Waals surface area (Å²) in [5, 5.41) is 2.36. The maximum absolute atomic E-state index is 12.2. The fraction of sp³-hybridized carbons (Fsp3) is 0.462. The molecule has 0 saturated heterocycles. The van der Waals surface area contributed by atoms with Gasteiger partial charge in [-0.05, 0) is 66.4 Å². The van der Waals surface area contributed by atoms with Crippen LogP contribution >= 0.6 is 0 Å². The molecule has 0 fully saturated rings. The Balaban J connectivity index is 1.80. The molecule has 3 atom stereocenters. The molecule has 6 heteroatoms. The van der Waals surface area contributed by atoms with Crippen molar-refractivity contribution in [1.82, 2.24) is 0 Å². The second-order valence-electron chi connectivity index (χ2n) is 14.1. The lowest BCUT2D eigenvalue weighted by Gasteiger charge is -2.44. The van der Waals surface area contributed by atoms with Gasteiger partial charge in [0.15, 0.2) is 0 Å². The van der Waals surface area contributed by atoms with Gasteiger partial charge in [-0.15, -0.1) is 0 Å². The summed E-state index contributed by atoms with van der Waals surface area (Å²) in [6, 6.07) is 31.6. The fourth-order valence-electron chi connectivity index (χ4n) is 5.83. The zero-order valence-electron chi connectivity index (χ0n) is 28.6. The minimum Gasteiger partial charge on any atom is -0.457 e. The molecule has 0 heterocycles. The normalized spacial score (nSPS) is 14.7. The van der Waals surface area contributed by atoms with Gasteiger partial charge in [0.1, 0.15) is 12.4 Å². The highest BCUT2D eigenvalue weighted by molar-refractivity contribution is 6.99. The van der Waals surface area contributed by atoms with Crippen molar-refractivity contribution in [2.75, 3.05) is 13.4 Å². The summed E-state index contributed by atoms with van der Waals surface area (Å²) in [5.41, 5.74) is 0.611. The van der Waals surface area contributed by atoms with Crippen LogP contribution in [0.15, 0.2) is 103 Å². The number of carbonyl (C=O) groups is 1. The first-order valence-corrected chi connectivity index (χ1v) is 18.1. The predicted octanol–water partition coefficient (Wildman–Crippen LogP) is 8.07. The number of ether oxygens (including phenoxy) is 3. The fourth-order valence-corrected chi connectivity index (χ4v) is 10.4. The van der Waals surface area contributed by atoms with Crippen LogP contribution in [-0.2, 0) is 30.0 Å². The van der Waals surface area contributed by atoms with E-state index in [1.54, 1.807) is 6.08 Å². The van der Waals surface area contributed by atoms with Gasteiger partial charge < -0.3 is 18.6 Å². The standard InChI is InChI=1S/C39H54O5Si/c1-31(19-18-26-37(40)44-38(3,4)5)27-32(2)36(42-30-41-28-33-20-12-9-13-21-33)29-43-45(39(6,7)8,34-22-14-10-15-23-34)35-24-16-11-17-25-35/h9-18,20-26,31-32,36H,19,27-30H2,1-8H3/b26-18+/t31-,32-,36+/m0/s1. The SMILES string of the molecule is C[C@@H](C/C=C/C(=O)OC(C)(C)C)C[C@H](C)[C@@H](CO[Si](c1ccccc1)(c1ccccc1)C(C)(C)C)OCOCc1ccccc1. The van der Waals surface area contributed by atoms with Crippen molar-refractivity contribution in [3.05, 3.63) is 109 Å². The van der Waals surface area contributed by atoms with Crippen LogP contribution in [0, 0.1) is 11.8 Å². The predicted molar refractivity (Wildman–Crippen MR) is 187 cm³/mol. The molecule has 0 saturated carbocycles. The van der Waals surface area contributed by atoms with Crippen molar-refractivity contribution >= 4 is 24.7 Å². The molecule has 45 heavy (non-hydrogen) atoms. The van der Waals surface area contributed by atoms with Crippen molar-refractivity contribution < 1.29 is 23.4 Å². The zero-order valence-corrected chi connectivity index (χ0v) is 29.6. The Morgan fingerprint density at radius 2 is 1.33 bits per heavy atom. The van der Waals surface area contributed by atoms with Gasteiger partial charge in [0.25, 0.3) is 8.32 Å². The maximum Gasteiger partial charge on any atom is 0.330 e. The Morgan fingerprint density at radius 3 is 1.84 bits per heavy atom. The number of esters is 1. The highest BCUT2D eigenvalue weighted by Crippen LogP contribution is 2.37. The highest BCUT2D eigenvalue weighted by Gasteiger charge is 2.50. The number of rotatable bonds is 16. The molecule has 3 aromatic carbocycles. The number of benzene rings is 3. The third kappa shape index (κ3) is 11.4. The van der Waals surface area contributed by atoms with Crippen molar-refractivity contribution in [1.29, 1.82) is 0 Å². The van der Waals surface area contributed by atoms with Crippen LogP contribution in [0.25, 0.3) is 0 Å². The van der Waals surface area contributed by atoms with Crippen molar-refractivity contribution in [3.8, 4) is 0 Å². The summed E-state index contributed by atoms with van der Waals surface area (Å²) in [6.45, 7) is 18.1. The molecule has 244 valence electrons. The van der Waals surface area contributed by atoms with Crippen LogP contribution in [0.4, 0.5) is 0 Å². The first-order chi connectivity index (χ1) is 21.3. The van der Waals surface area contributed by atoms with Gasteiger partial charge in [0.2, 0.25) is 0 Å². The molecule has 0 N–H and O–H groups in total. The van der Waals surface area contributed by atoms with Crippen molar-refractivity contribution in [2.24, 2.45) is 11.8 Å². The van der Waals surface area contributed by atoms with Gasteiger partial charge in [0.05, 0.1) is 19.3 Å². The van der Waals surface area contributed by atoms with Gasteiger partial charge >= 0.3 is 5.97 Å². The van der Waals surface area contributed by atoms with Crippen LogP contribution in [-0.4, -0.2) is 39.4 Å². The third-order valence-electron chi connectivity index (χ3n) is 7.97. The zero-order chi connectivity index (χ0) is 32.9. The molecule has 0 bridgehead atoms. The Hall–Kier alpha value is -3.03. The third-order valence-corrected chi connectivity index (χ3v) is 13.0. The summed E-state index contributed by atoms with van der Waals surface area (Å²) < 4.78 is 25.2. The largest absolute Gasteiger partial charge is 0.457 e. The van der Waals surface area contributed by atoms with Crippen LogP contribution in [0.3, 0.4) is 0 Å². The van der Waals surface area contributed by atoms with E-state index in [2.05, 4.69) is 107 Å². The molecular weight excluding hydrogens is 577 g/mol. The van der Waals surface area contributed by atoms with Crippen LogP contribution in [0.2, 0.25) is 5.04 Å². The highest BCUT2D eigenvalue weighted by atomic mass is 28.4. The summed E-state index contributed by atoms with van der Waals surface area (Å²) in [6.07, 6.45) is 4.97. The summed E-state index contributed by atoms with van der Waals surface area (Å²) >= 11 is 0. The minimum absolute atomic E-state index is 0.132. The van der Waals surface area contributed by atoms with Crippen LogP contribution in [0.5, 0.6) is 0 Å².